The third-order valence-corrected chi connectivity index (χ3v) is 5.20. The van der Waals surface area contributed by atoms with Crippen LogP contribution in [0.5, 0.6) is 5.75 Å². The van der Waals surface area contributed by atoms with Crippen molar-refractivity contribution in [3.05, 3.63) is 51.2 Å². The predicted molar refractivity (Wildman–Crippen MR) is 147 cm³/mol. The standard InChI is InChI=1S/C23H35N3O5.C2H6.CHN.CH4O/c1-6-8-19-21(24-5)22(27)26(16(4)25-19)11-12-31-18-10-9-17(15(3)13-18)14-20(23(28)29)30-7-2;3*1-2/h9-10,13,20,23-24,28-29H,6-8,11-12,14H2,1-5H3;1-2H3;1H;2H,1H3. The molecule has 10 nitrogen and oxygen atoms in total. The first-order chi connectivity index (χ1) is 17.8. The van der Waals surface area contributed by atoms with E-state index in [2.05, 4.69) is 23.8 Å². The smallest absolute Gasteiger partial charge is 0.277 e. The van der Waals surface area contributed by atoms with E-state index in [-0.39, 0.29) is 5.56 Å². The maximum Gasteiger partial charge on any atom is 0.277 e. The Labute approximate surface area is 221 Å². The first kappa shape index (κ1) is 36.2. The normalized spacial score (nSPS) is 10.6. The Hall–Kier alpha value is -2.97. The van der Waals surface area contributed by atoms with Gasteiger partial charge in [-0.2, -0.15) is 0 Å². The van der Waals surface area contributed by atoms with Crippen LogP contribution in [0.1, 0.15) is 56.8 Å². The van der Waals surface area contributed by atoms with Gasteiger partial charge in [-0.1, -0.05) is 33.3 Å². The van der Waals surface area contributed by atoms with Crippen molar-refractivity contribution < 1.29 is 24.8 Å². The molecule has 10 heteroatoms. The Kier molecular flexibility index (Phi) is 20.7. The molecule has 210 valence electrons. The summed E-state index contributed by atoms with van der Waals surface area (Å²) in [6.45, 7) is 16.3. The second-order valence-corrected chi connectivity index (χ2v) is 7.49. The lowest BCUT2D eigenvalue weighted by molar-refractivity contribution is -0.142. The highest BCUT2D eigenvalue weighted by Gasteiger charge is 2.18. The third kappa shape index (κ3) is 11.7. The van der Waals surface area contributed by atoms with Crippen LogP contribution < -0.4 is 15.6 Å². The van der Waals surface area contributed by atoms with Gasteiger partial charge in [0.05, 0.1) is 12.2 Å². The minimum atomic E-state index is -1.53. The van der Waals surface area contributed by atoms with Gasteiger partial charge in [0.1, 0.15) is 30.0 Å². The summed E-state index contributed by atoms with van der Waals surface area (Å²) in [5, 5.41) is 35.4. The number of aliphatic hydroxyl groups excluding tert-OH is 2. The molecule has 1 aromatic carbocycles. The Morgan fingerprint density at radius 2 is 1.78 bits per heavy atom. The number of anilines is 1. The Morgan fingerprint density at radius 3 is 2.27 bits per heavy atom. The largest absolute Gasteiger partial charge is 0.492 e. The number of aliphatic hydroxyl groups is 3. The number of aromatic nitrogens is 2. The van der Waals surface area contributed by atoms with E-state index in [4.69, 9.17) is 19.8 Å². The van der Waals surface area contributed by atoms with Gasteiger partial charge in [-0.3, -0.25) is 9.36 Å². The maximum atomic E-state index is 12.8. The summed E-state index contributed by atoms with van der Waals surface area (Å²) in [6, 6.07) is 5.64. The van der Waals surface area contributed by atoms with Crippen molar-refractivity contribution in [3.63, 3.8) is 0 Å². The van der Waals surface area contributed by atoms with Crippen molar-refractivity contribution in [2.75, 3.05) is 32.7 Å². The monoisotopic (exact) mass is 522 g/mol. The SMILES string of the molecule is C#N.CC.CCCc1nc(C)n(CCOc2ccc(CC(OCC)C(O)O)c(C)c2)c(=O)c1NC.CO. The highest BCUT2D eigenvalue weighted by molar-refractivity contribution is 5.45. The molecule has 0 aliphatic rings. The zero-order valence-corrected chi connectivity index (χ0v) is 23.6. The van der Waals surface area contributed by atoms with Gasteiger partial charge >= 0.3 is 0 Å². The molecule has 0 fully saturated rings. The average molecular weight is 523 g/mol. The van der Waals surface area contributed by atoms with E-state index >= 15 is 0 Å². The zero-order chi connectivity index (χ0) is 29.0. The number of ether oxygens (including phenoxy) is 2. The van der Waals surface area contributed by atoms with Crippen LogP contribution in [0, 0.1) is 25.7 Å². The zero-order valence-electron chi connectivity index (χ0n) is 23.6. The fourth-order valence-corrected chi connectivity index (χ4v) is 3.57. The summed E-state index contributed by atoms with van der Waals surface area (Å²) in [5.74, 6) is 1.36. The van der Waals surface area contributed by atoms with Crippen molar-refractivity contribution in [1.82, 2.24) is 9.55 Å². The molecule has 0 amide bonds. The van der Waals surface area contributed by atoms with Crippen LogP contribution in [0.2, 0.25) is 0 Å². The number of aryl methyl sites for hydroxylation is 3. The van der Waals surface area contributed by atoms with E-state index in [0.717, 1.165) is 36.8 Å². The molecule has 2 aromatic rings. The highest BCUT2D eigenvalue weighted by Crippen LogP contribution is 2.20. The first-order valence-corrected chi connectivity index (χ1v) is 12.5. The summed E-state index contributed by atoms with van der Waals surface area (Å²) in [4.78, 5) is 17.4. The van der Waals surface area contributed by atoms with Crippen LogP contribution >= 0.6 is 0 Å². The topological polar surface area (TPSA) is 150 Å². The van der Waals surface area contributed by atoms with Gasteiger partial charge in [-0.15, -0.1) is 0 Å². The van der Waals surface area contributed by atoms with Crippen LogP contribution in [0.15, 0.2) is 23.0 Å². The van der Waals surface area contributed by atoms with Crippen molar-refractivity contribution in [1.29, 1.82) is 5.26 Å². The summed E-state index contributed by atoms with van der Waals surface area (Å²) < 4.78 is 12.9. The van der Waals surface area contributed by atoms with E-state index in [1.54, 1.807) is 11.6 Å². The quantitative estimate of drug-likeness (QED) is 0.309. The fraction of sp³-hybridized carbons (Fsp3) is 0.593. The molecular formula is C27H46N4O6. The molecule has 2 rings (SSSR count). The first-order valence-electron chi connectivity index (χ1n) is 12.5. The van der Waals surface area contributed by atoms with Crippen molar-refractivity contribution in [2.24, 2.45) is 0 Å². The summed E-state index contributed by atoms with van der Waals surface area (Å²) in [7, 11) is 2.74. The van der Waals surface area contributed by atoms with E-state index in [1.165, 1.54) is 0 Å². The molecule has 1 atom stereocenters. The predicted octanol–water partition coefficient (Wildman–Crippen LogP) is 2.97. The molecule has 1 aromatic heterocycles. The van der Waals surface area contributed by atoms with E-state index in [1.807, 2.05) is 52.8 Å². The molecule has 0 bridgehead atoms. The molecule has 0 saturated carbocycles. The summed E-state index contributed by atoms with van der Waals surface area (Å²) >= 11 is 0. The molecular weight excluding hydrogens is 476 g/mol. The number of nitrogens with zero attached hydrogens (tertiary/aromatic N) is 3. The van der Waals surface area contributed by atoms with Crippen LogP contribution in [0.4, 0.5) is 5.69 Å². The number of hydrogen-bond donors (Lipinski definition) is 4. The molecule has 1 heterocycles. The second-order valence-electron chi connectivity index (χ2n) is 7.49. The van der Waals surface area contributed by atoms with Gasteiger partial charge in [0.15, 0.2) is 6.29 Å². The average Bonchev–Trinajstić information content (AvgIpc) is 2.90. The molecule has 1 unspecified atom stereocenters. The summed E-state index contributed by atoms with van der Waals surface area (Å²) in [6.07, 6.45) is -0.126. The minimum absolute atomic E-state index is 0.0851. The lowest BCUT2D eigenvalue weighted by Crippen LogP contribution is -2.31. The van der Waals surface area contributed by atoms with Crippen molar-refractivity contribution >= 4 is 5.69 Å². The van der Waals surface area contributed by atoms with Crippen molar-refractivity contribution in [3.8, 4) is 12.3 Å². The molecule has 0 aliphatic carbocycles. The Morgan fingerprint density at radius 1 is 1.16 bits per heavy atom. The Bertz CT molecular complexity index is 960. The van der Waals surface area contributed by atoms with Crippen molar-refractivity contribution in [2.45, 2.75) is 79.7 Å². The molecule has 0 aliphatic heterocycles. The van der Waals surface area contributed by atoms with Crippen LogP contribution in [0.25, 0.3) is 0 Å². The second kappa shape index (κ2) is 21.1. The fourth-order valence-electron chi connectivity index (χ4n) is 3.57. The van der Waals surface area contributed by atoms with Gasteiger partial charge in [0.2, 0.25) is 0 Å². The number of nitriles is 1. The number of benzene rings is 1. The molecule has 0 spiro atoms. The lowest BCUT2D eigenvalue weighted by atomic mass is 10.0. The van der Waals surface area contributed by atoms with Gasteiger partial charge in [-0.05, 0) is 50.5 Å². The summed E-state index contributed by atoms with van der Waals surface area (Å²) in [5.41, 5.74) is 3.19. The molecule has 0 saturated heterocycles. The number of hydrogen-bond acceptors (Lipinski definition) is 9. The third-order valence-electron chi connectivity index (χ3n) is 5.20. The van der Waals surface area contributed by atoms with E-state index in [0.29, 0.717) is 43.4 Å². The lowest BCUT2D eigenvalue weighted by Gasteiger charge is -2.20. The van der Waals surface area contributed by atoms with Gasteiger partial charge < -0.3 is 30.1 Å². The van der Waals surface area contributed by atoms with Crippen LogP contribution in [-0.4, -0.2) is 64.6 Å². The maximum absolute atomic E-state index is 12.8. The van der Waals surface area contributed by atoms with Crippen LogP contribution in [0.3, 0.4) is 0 Å². The molecule has 37 heavy (non-hydrogen) atoms. The number of nitrogens with one attached hydrogen (secondary N) is 1. The molecule has 0 radical (unpaired) electrons. The Balaban J connectivity index is 0. The highest BCUT2D eigenvalue weighted by atomic mass is 16.5. The molecule has 4 N–H and O–H groups in total. The van der Waals surface area contributed by atoms with Gasteiger partial charge in [-0.25, -0.2) is 10.2 Å². The van der Waals surface area contributed by atoms with Gasteiger partial charge in [0.25, 0.3) is 5.56 Å². The van der Waals surface area contributed by atoms with Gasteiger partial charge in [0, 0.05) is 33.8 Å². The van der Waals surface area contributed by atoms with Crippen LogP contribution in [-0.2, 0) is 24.1 Å². The van der Waals surface area contributed by atoms with E-state index < -0.39 is 12.4 Å². The van der Waals surface area contributed by atoms with E-state index in [9.17, 15) is 15.0 Å². The minimum Gasteiger partial charge on any atom is -0.492 e. The number of rotatable bonds is 12.